The summed E-state index contributed by atoms with van der Waals surface area (Å²) in [5, 5.41) is 4.93. The van der Waals surface area contributed by atoms with Gasteiger partial charge in [0.2, 0.25) is 11.8 Å². The SMILES string of the molecule is C=C/C(C=O)=C\C=C(/N)c1cc2nccc(Oc3ccc(NC(=O)CC(=O)Nc4ccc(F)cc4)cc3F)c2s1. The van der Waals surface area contributed by atoms with E-state index in [0.29, 0.717) is 44.1 Å². The number of fused-ring (bicyclic) bond motifs is 1. The van der Waals surface area contributed by atoms with Crippen LogP contribution >= 0.6 is 11.3 Å². The Labute approximate surface area is 231 Å². The van der Waals surface area contributed by atoms with E-state index in [1.165, 1.54) is 66.1 Å². The van der Waals surface area contributed by atoms with Crippen molar-refractivity contribution >= 4 is 56.7 Å². The molecule has 0 spiro atoms. The van der Waals surface area contributed by atoms with Crippen molar-refractivity contribution in [2.24, 2.45) is 5.73 Å². The van der Waals surface area contributed by atoms with E-state index in [9.17, 15) is 23.2 Å². The van der Waals surface area contributed by atoms with Gasteiger partial charge in [-0.25, -0.2) is 8.78 Å². The summed E-state index contributed by atoms with van der Waals surface area (Å²) in [5.41, 5.74) is 7.96. The highest BCUT2D eigenvalue weighted by Crippen LogP contribution is 2.37. The fourth-order valence-electron chi connectivity index (χ4n) is 3.43. The number of carbonyl (C=O) groups is 3. The Bertz CT molecular complexity index is 1650. The molecule has 40 heavy (non-hydrogen) atoms. The normalized spacial score (nSPS) is 11.7. The third-order valence-corrected chi connectivity index (χ3v) is 6.56. The van der Waals surface area contributed by atoms with Gasteiger partial charge in [0.05, 0.1) is 15.1 Å². The number of pyridine rings is 1. The molecule has 0 saturated heterocycles. The van der Waals surface area contributed by atoms with E-state index in [1.807, 2.05) is 0 Å². The van der Waals surface area contributed by atoms with E-state index >= 15 is 0 Å². The molecule has 0 saturated carbocycles. The summed E-state index contributed by atoms with van der Waals surface area (Å²) < 4.78 is 34.3. The maximum atomic E-state index is 14.9. The van der Waals surface area contributed by atoms with Crippen LogP contribution in [-0.2, 0) is 14.4 Å². The largest absolute Gasteiger partial charge is 0.453 e. The number of nitrogens with two attached hydrogens (primary N) is 1. The number of aromatic nitrogens is 1. The first-order valence-electron chi connectivity index (χ1n) is 11.7. The summed E-state index contributed by atoms with van der Waals surface area (Å²) in [5.74, 6) is -2.23. The van der Waals surface area contributed by atoms with Crippen LogP contribution in [-0.4, -0.2) is 23.1 Å². The number of thiophene rings is 1. The Morgan fingerprint density at radius 1 is 0.975 bits per heavy atom. The van der Waals surface area contributed by atoms with E-state index in [0.717, 1.165) is 6.07 Å². The van der Waals surface area contributed by atoms with Crippen molar-refractivity contribution < 1.29 is 27.9 Å². The fourth-order valence-corrected chi connectivity index (χ4v) is 4.43. The second-order valence-electron chi connectivity index (χ2n) is 8.27. The van der Waals surface area contributed by atoms with Gasteiger partial charge in [-0.2, -0.15) is 0 Å². The lowest BCUT2D eigenvalue weighted by Gasteiger charge is -2.10. The zero-order valence-corrected chi connectivity index (χ0v) is 21.6. The minimum absolute atomic E-state index is 0.0949. The van der Waals surface area contributed by atoms with Crippen molar-refractivity contribution in [3.8, 4) is 11.5 Å². The number of nitrogens with one attached hydrogen (secondary N) is 2. The van der Waals surface area contributed by atoms with Gasteiger partial charge in [0.1, 0.15) is 24.3 Å². The van der Waals surface area contributed by atoms with Crippen molar-refractivity contribution in [1.29, 1.82) is 0 Å². The van der Waals surface area contributed by atoms with Crippen LogP contribution in [0.5, 0.6) is 11.5 Å². The molecule has 0 aliphatic rings. The average molecular weight is 561 g/mol. The van der Waals surface area contributed by atoms with Gasteiger partial charge < -0.3 is 21.1 Å². The number of hydrogen-bond donors (Lipinski definition) is 3. The monoisotopic (exact) mass is 560 g/mol. The van der Waals surface area contributed by atoms with Crippen LogP contribution in [0, 0.1) is 11.6 Å². The molecule has 4 N–H and O–H groups in total. The quantitative estimate of drug-likeness (QED) is 0.0954. The molecular weight excluding hydrogens is 538 g/mol. The van der Waals surface area contributed by atoms with E-state index in [4.69, 9.17) is 10.5 Å². The second-order valence-corrected chi connectivity index (χ2v) is 9.32. The summed E-state index contributed by atoms with van der Waals surface area (Å²) >= 11 is 1.28. The molecule has 0 unspecified atom stereocenters. The van der Waals surface area contributed by atoms with Crippen molar-refractivity contribution in [1.82, 2.24) is 4.98 Å². The van der Waals surface area contributed by atoms with Gasteiger partial charge in [-0.1, -0.05) is 12.7 Å². The van der Waals surface area contributed by atoms with Crippen LogP contribution in [0.1, 0.15) is 11.3 Å². The van der Waals surface area contributed by atoms with E-state index in [1.54, 1.807) is 18.2 Å². The van der Waals surface area contributed by atoms with Gasteiger partial charge in [-0.15, -0.1) is 11.3 Å². The number of halogens is 2. The Balaban J connectivity index is 1.43. The molecule has 0 bridgehead atoms. The predicted octanol–water partition coefficient (Wildman–Crippen LogP) is 5.95. The molecule has 8 nitrogen and oxygen atoms in total. The summed E-state index contributed by atoms with van der Waals surface area (Å²) in [6.07, 6.45) is 6.18. The van der Waals surface area contributed by atoms with Crippen LogP contribution in [0.15, 0.2) is 91.2 Å². The molecule has 2 aromatic carbocycles. The van der Waals surface area contributed by atoms with E-state index < -0.39 is 29.9 Å². The molecule has 4 rings (SSSR count). The number of rotatable bonds is 10. The molecule has 11 heteroatoms. The first kappa shape index (κ1) is 27.9. The molecule has 2 amide bonds. The highest BCUT2D eigenvalue weighted by molar-refractivity contribution is 7.20. The smallest absolute Gasteiger partial charge is 0.233 e. The number of amides is 2. The van der Waals surface area contributed by atoms with E-state index in [2.05, 4.69) is 22.2 Å². The standard InChI is InChI=1S/C29H22F2N4O4S/c1-2-17(16-36)3-9-22(32)26-14-23-29(40-26)25(11-12-33-23)39-24-10-8-20(13-21(24)31)35-28(38)15-27(37)34-19-6-4-18(30)5-7-19/h2-14,16H,1,15,32H2,(H,34,37)(H,35,38)/b17-3+,22-9-. The number of allylic oxidation sites excluding steroid dienone is 4. The molecule has 0 atom stereocenters. The van der Waals surface area contributed by atoms with Crippen molar-refractivity contribution in [3.63, 3.8) is 0 Å². The third kappa shape index (κ3) is 7.03. The molecular formula is C29H22F2N4O4S. The maximum absolute atomic E-state index is 14.9. The van der Waals surface area contributed by atoms with Crippen LogP contribution in [0.3, 0.4) is 0 Å². The minimum Gasteiger partial charge on any atom is -0.453 e. The number of carbonyl (C=O) groups excluding carboxylic acids is 3. The molecule has 4 aromatic rings. The van der Waals surface area contributed by atoms with Crippen LogP contribution < -0.4 is 21.1 Å². The number of nitrogens with zero attached hydrogens (tertiary/aromatic N) is 1. The van der Waals surface area contributed by atoms with Crippen LogP contribution in [0.2, 0.25) is 0 Å². The molecule has 2 heterocycles. The van der Waals surface area contributed by atoms with Crippen molar-refractivity contribution in [3.05, 3.63) is 108 Å². The Morgan fingerprint density at radius 3 is 2.35 bits per heavy atom. The van der Waals surface area contributed by atoms with Crippen LogP contribution in [0.25, 0.3) is 15.9 Å². The molecule has 0 fully saturated rings. The Morgan fingerprint density at radius 2 is 1.68 bits per heavy atom. The average Bonchev–Trinajstić information content (AvgIpc) is 3.37. The second kappa shape index (κ2) is 12.6. The third-order valence-electron chi connectivity index (χ3n) is 5.37. The highest BCUT2D eigenvalue weighted by Gasteiger charge is 2.15. The number of hydrogen-bond acceptors (Lipinski definition) is 7. The molecule has 202 valence electrons. The molecule has 0 aliphatic heterocycles. The van der Waals surface area contributed by atoms with Crippen LogP contribution in [0.4, 0.5) is 20.2 Å². The molecule has 0 aliphatic carbocycles. The zero-order valence-electron chi connectivity index (χ0n) is 20.8. The number of benzene rings is 2. The summed E-state index contributed by atoms with van der Waals surface area (Å²) in [4.78, 5) is 40.2. The summed E-state index contributed by atoms with van der Waals surface area (Å²) in [6.45, 7) is 3.55. The molecule has 0 radical (unpaired) electrons. The van der Waals surface area contributed by atoms with Gasteiger partial charge >= 0.3 is 0 Å². The van der Waals surface area contributed by atoms with Gasteiger partial charge in [0, 0.05) is 41.0 Å². The van der Waals surface area contributed by atoms with Gasteiger partial charge in [-0.05, 0) is 54.6 Å². The lowest BCUT2D eigenvalue weighted by Crippen LogP contribution is -2.21. The van der Waals surface area contributed by atoms with Crippen molar-refractivity contribution in [2.45, 2.75) is 6.42 Å². The predicted molar refractivity (Wildman–Crippen MR) is 151 cm³/mol. The minimum atomic E-state index is -0.745. The Kier molecular flexibility index (Phi) is 8.77. The van der Waals surface area contributed by atoms with Gasteiger partial charge in [0.25, 0.3) is 0 Å². The number of aldehydes is 1. The summed E-state index contributed by atoms with van der Waals surface area (Å²) in [6, 6.07) is 12.3. The van der Waals surface area contributed by atoms with Crippen molar-refractivity contribution in [2.75, 3.05) is 10.6 Å². The van der Waals surface area contributed by atoms with Gasteiger partial charge in [0.15, 0.2) is 11.6 Å². The van der Waals surface area contributed by atoms with E-state index in [-0.39, 0.29) is 11.4 Å². The first-order chi connectivity index (χ1) is 19.2. The highest BCUT2D eigenvalue weighted by atomic mass is 32.1. The first-order valence-corrected chi connectivity index (χ1v) is 12.5. The topological polar surface area (TPSA) is 123 Å². The zero-order chi connectivity index (χ0) is 28.6. The fraction of sp³-hybridized carbons (Fsp3) is 0.0345. The lowest BCUT2D eigenvalue weighted by molar-refractivity contribution is -0.123. The molecule has 2 aromatic heterocycles. The lowest BCUT2D eigenvalue weighted by atomic mass is 10.2. The summed E-state index contributed by atoms with van der Waals surface area (Å²) in [7, 11) is 0. The number of ether oxygens (including phenoxy) is 1. The Hall–Kier alpha value is -5.16. The van der Waals surface area contributed by atoms with Gasteiger partial charge in [-0.3, -0.25) is 19.4 Å². The maximum Gasteiger partial charge on any atom is 0.233 e. The number of anilines is 2.